The second-order valence-corrected chi connectivity index (χ2v) is 8.32. The number of ether oxygens (including phenoxy) is 2. The highest BCUT2D eigenvalue weighted by molar-refractivity contribution is 5.94. The topological polar surface area (TPSA) is 140 Å². The summed E-state index contributed by atoms with van der Waals surface area (Å²) in [5, 5.41) is 14.8. The van der Waals surface area contributed by atoms with Crippen LogP contribution in [0.3, 0.4) is 0 Å². The normalized spacial score (nSPS) is 12.4. The molecule has 5 N–H and O–H groups in total. The van der Waals surface area contributed by atoms with Crippen molar-refractivity contribution < 1.29 is 29.0 Å². The molecule has 1 atom stereocenters. The third-order valence-electron chi connectivity index (χ3n) is 4.43. The number of aliphatic carboxylic acids is 1. The monoisotopic (exact) mass is 437 g/mol. The molecular weight excluding hydrogens is 402 g/mol. The zero-order chi connectivity index (χ0) is 23.3. The van der Waals surface area contributed by atoms with Crippen molar-refractivity contribution >= 4 is 17.8 Å². The van der Waals surface area contributed by atoms with Crippen molar-refractivity contribution in [3.8, 4) is 0 Å². The smallest absolute Gasteiger partial charge is 0.304 e. The third-order valence-corrected chi connectivity index (χ3v) is 4.43. The Bertz CT molecular complexity index is 706. The van der Waals surface area contributed by atoms with Crippen molar-refractivity contribution in [2.24, 2.45) is 11.1 Å². The van der Waals surface area contributed by atoms with Crippen LogP contribution in [0.1, 0.15) is 43.1 Å². The van der Waals surface area contributed by atoms with Gasteiger partial charge >= 0.3 is 5.97 Å². The van der Waals surface area contributed by atoms with Crippen LogP contribution in [0.15, 0.2) is 24.3 Å². The highest BCUT2D eigenvalue weighted by Crippen LogP contribution is 2.14. The second-order valence-electron chi connectivity index (χ2n) is 8.32. The van der Waals surface area contributed by atoms with Crippen LogP contribution in [-0.2, 0) is 25.5 Å². The van der Waals surface area contributed by atoms with E-state index >= 15 is 0 Å². The first-order chi connectivity index (χ1) is 14.6. The average molecular weight is 438 g/mol. The van der Waals surface area contributed by atoms with E-state index in [1.54, 1.807) is 12.1 Å². The van der Waals surface area contributed by atoms with Crippen LogP contribution in [0.25, 0.3) is 0 Å². The predicted molar refractivity (Wildman–Crippen MR) is 117 cm³/mol. The van der Waals surface area contributed by atoms with Gasteiger partial charge in [0, 0.05) is 30.1 Å². The van der Waals surface area contributed by atoms with Gasteiger partial charge < -0.3 is 30.9 Å². The minimum absolute atomic E-state index is 0.0912. The van der Waals surface area contributed by atoms with Crippen LogP contribution in [0.4, 0.5) is 0 Å². The van der Waals surface area contributed by atoms with Crippen LogP contribution in [0.5, 0.6) is 0 Å². The van der Waals surface area contributed by atoms with Crippen LogP contribution in [0.2, 0.25) is 0 Å². The Kier molecular flexibility index (Phi) is 11.8. The predicted octanol–water partition coefficient (Wildman–Crippen LogP) is 0.956. The Labute approximate surface area is 183 Å². The highest BCUT2D eigenvalue weighted by Gasteiger charge is 2.20. The fraction of sp³-hybridized carbons (Fsp3) is 0.591. The number of carboxylic acid groups (broad SMARTS) is 1. The first-order valence-electron chi connectivity index (χ1n) is 10.3. The van der Waals surface area contributed by atoms with Gasteiger partial charge in [-0.15, -0.1) is 0 Å². The summed E-state index contributed by atoms with van der Waals surface area (Å²) in [5.74, 6) is -1.49. The van der Waals surface area contributed by atoms with Gasteiger partial charge in [0.15, 0.2) is 0 Å². The molecule has 1 aromatic carbocycles. The summed E-state index contributed by atoms with van der Waals surface area (Å²) in [6.07, 6.45) is 0.836. The fourth-order valence-electron chi connectivity index (χ4n) is 2.76. The molecule has 0 aliphatic carbocycles. The van der Waals surface area contributed by atoms with Gasteiger partial charge in [-0.3, -0.25) is 14.4 Å². The number of carboxylic acids is 1. The molecule has 0 radical (unpaired) electrons. The maximum absolute atomic E-state index is 12.4. The number of nitrogens with two attached hydrogens (primary N) is 1. The molecule has 1 rings (SSSR count). The maximum Gasteiger partial charge on any atom is 0.304 e. The van der Waals surface area contributed by atoms with E-state index in [0.717, 1.165) is 12.0 Å². The van der Waals surface area contributed by atoms with E-state index in [1.807, 2.05) is 32.9 Å². The van der Waals surface area contributed by atoms with E-state index in [4.69, 9.17) is 20.3 Å². The number of benzene rings is 1. The summed E-state index contributed by atoms with van der Waals surface area (Å²) in [5.41, 5.74) is 6.36. The number of hydrogen-bond acceptors (Lipinski definition) is 6. The second kappa shape index (κ2) is 13.7. The largest absolute Gasteiger partial charge is 0.481 e. The summed E-state index contributed by atoms with van der Waals surface area (Å²) in [6, 6.07) is 7.53. The lowest BCUT2D eigenvalue weighted by molar-refractivity contribution is -0.136. The van der Waals surface area contributed by atoms with Crippen molar-refractivity contribution in [2.75, 3.05) is 39.5 Å². The Morgan fingerprint density at radius 3 is 2.39 bits per heavy atom. The molecule has 174 valence electrons. The average Bonchev–Trinajstić information content (AvgIpc) is 2.69. The Morgan fingerprint density at radius 2 is 1.77 bits per heavy atom. The zero-order valence-corrected chi connectivity index (χ0v) is 18.6. The van der Waals surface area contributed by atoms with Crippen molar-refractivity contribution in [2.45, 2.75) is 39.7 Å². The molecule has 2 amide bonds. The quantitative estimate of drug-likeness (QED) is 0.282. The zero-order valence-electron chi connectivity index (χ0n) is 18.6. The molecule has 9 heteroatoms. The molecule has 0 aliphatic rings. The van der Waals surface area contributed by atoms with E-state index in [9.17, 15) is 14.4 Å². The molecule has 1 aromatic rings. The molecule has 9 nitrogen and oxygen atoms in total. The van der Waals surface area contributed by atoms with Gasteiger partial charge in [0.25, 0.3) is 5.91 Å². The van der Waals surface area contributed by atoms with Gasteiger partial charge in [-0.2, -0.15) is 0 Å². The molecule has 0 bridgehead atoms. The van der Waals surface area contributed by atoms with Gasteiger partial charge in [-0.25, -0.2) is 0 Å². The SMILES string of the molecule is CC(Cc1ccc(C(=O)NCC(C)(C)COCCOCC(N)=O)cc1)NCCC(=O)O. The standard InChI is InChI=1S/C22H35N3O6/c1-16(24-9-8-20(27)28)12-17-4-6-18(7-5-17)21(29)25-14-22(2,3)15-31-11-10-30-13-19(23)26/h4-7,16,24H,8-15H2,1-3H3,(H2,23,26)(H,25,29)(H,27,28). The Morgan fingerprint density at radius 1 is 1.13 bits per heavy atom. The van der Waals surface area contributed by atoms with E-state index in [-0.39, 0.29) is 37.0 Å². The summed E-state index contributed by atoms with van der Waals surface area (Å²) in [4.78, 5) is 33.6. The summed E-state index contributed by atoms with van der Waals surface area (Å²) < 4.78 is 10.6. The Balaban J connectivity index is 2.34. The van der Waals surface area contributed by atoms with Crippen molar-refractivity contribution in [1.29, 1.82) is 0 Å². The van der Waals surface area contributed by atoms with Gasteiger partial charge in [0.05, 0.1) is 26.2 Å². The lowest BCUT2D eigenvalue weighted by atomic mass is 9.94. The van der Waals surface area contributed by atoms with E-state index in [1.165, 1.54) is 0 Å². The molecule has 31 heavy (non-hydrogen) atoms. The first-order valence-corrected chi connectivity index (χ1v) is 10.3. The summed E-state index contributed by atoms with van der Waals surface area (Å²) >= 11 is 0. The lowest BCUT2D eigenvalue weighted by Gasteiger charge is -2.24. The van der Waals surface area contributed by atoms with E-state index < -0.39 is 11.9 Å². The van der Waals surface area contributed by atoms with Crippen LogP contribution in [0, 0.1) is 5.41 Å². The Hall–Kier alpha value is -2.49. The number of carbonyl (C=O) groups excluding carboxylic acids is 2. The number of amides is 2. The minimum Gasteiger partial charge on any atom is -0.481 e. The van der Waals surface area contributed by atoms with Crippen molar-refractivity contribution in [3.63, 3.8) is 0 Å². The molecule has 0 heterocycles. The van der Waals surface area contributed by atoms with Crippen molar-refractivity contribution in [1.82, 2.24) is 10.6 Å². The molecule has 1 unspecified atom stereocenters. The van der Waals surface area contributed by atoms with Gasteiger partial charge in [-0.1, -0.05) is 26.0 Å². The number of rotatable bonds is 16. The van der Waals surface area contributed by atoms with Crippen LogP contribution >= 0.6 is 0 Å². The molecular formula is C22H35N3O6. The lowest BCUT2D eigenvalue weighted by Crippen LogP contribution is -2.37. The maximum atomic E-state index is 12.4. The molecule has 0 spiro atoms. The fourth-order valence-corrected chi connectivity index (χ4v) is 2.76. The molecule has 0 aromatic heterocycles. The van der Waals surface area contributed by atoms with Gasteiger partial charge in [0.1, 0.15) is 6.61 Å². The number of carbonyl (C=O) groups is 3. The summed E-state index contributed by atoms with van der Waals surface area (Å²) in [6.45, 7) is 7.77. The first kappa shape index (κ1) is 26.5. The van der Waals surface area contributed by atoms with Gasteiger partial charge in [-0.05, 0) is 31.0 Å². The molecule has 0 saturated carbocycles. The highest BCUT2D eigenvalue weighted by atomic mass is 16.5. The molecule has 0 aliphatic heterocycles. The van der Waals surface area contributed by atoms with Crippen LogP contribution < -0.4 is 16.4 Å². The molecule has 0 fully saturated rings. The number of primary amides is 1. The van der Waals surface area contributed by atoms with E-state index in [0.29, 0.717) is 31.9 Å². The van der Waals surface area contributed by atoms with Crippen molar-refractivity contribution in [3.05, 3.63) is 35.4 Å². The summed E-state index contributed by atoms with van der Waals surface area (Å²) in [7, 11) is 0. The van der Waals surface area contributed by atoms with E-state index in [2.05, 4.69) is 10.6 Å². The minimum atomic E-state index is -0.820. The van der Waals surface area contributed by atoms with Crippen LogP contribution in [-0.4, -0.2) is 68.4 Å². The number of hydrogen-bond donors (Lipinski definition) is 4. The third kappa shape index (κ3) is 12.7. The van der Waals surface area contributed by atoms with Gasteiger partial charge in [0.2, 0.25) is 5.91 Å². The number of nitrogens with one attached hydrogen (secondary N) is 2. The molecule has 0 saturated heterocycles.